The predicted octanol–water partition coefficient (Wildman–Crippen LogP) is 2.02. The molecule has 3 aliphatic heterocycles. The van der Waals surface area contributed by atoms with E-state index in [0.717, 1.165) is 38.9 Å². The van der Waals surface area contributed by atoms with Crippen LogP contribution in [0.5, 0.6) is 5.75 Å². The number of ether oxygens (including phenoxy) is 2. The number of likely N-dealkylation sites (N-methyl/N-ethyl adjacent to an activating group) is 1. The molecular weight excluding hydrogens is 448 g/mol. The molecule has 3 heterocycles. The molecule has 1 aromatic carbocycles. The predicted molar refractivity (Wildman–Crippen MR) is 130 cm³/mol. The Labute approximate surface area is 206 Å². The van der Waals surface area contributed by atoms with Gasteiger partial charge in [-0.3, -0.25) is 14.4 Å². The highest BCUT2D eigenvalue weighted by molar-refractivity contribution is 6.00. The maximum Gasteiger partial charge on any atom is 0.257 e. The van der Waals surface area contributed by atoms with Crippen molar-refractivity contribution in [3.8, 4) is 5.75 Å². The van der Waals surface area contributed by atoms with Crippen LogP contribution in [-0.4, -0.2) is 85.6 Å². The minimum Gasteiger partial charge on any atom is -0.490 e. The fourth-order valence-electron chi connectivity index (χ4n) is 5.33. The van der Waals surface area contributed by atoms with E-state index in [0.29, 0.717) is 43.0 Å². The van der Waals surface area contributed by atoms with E-state index in [9.17, 15) is 14.4 Å². The second kappa shape index (κ2) is 10.5. The molecule has 9 nitrogen and oxygen atoms in total. The van der Waals surface area contributed by atoms with Crippen molar-refractivity contribution in [1.82, 2.24) is 15.1 Å². The molecule has 1 aromatic rings. The van der Waals surface area contributed by atoms with Gasteiger partial charge in [-0.15, -0.1) is 0 Å². The zero-order chi connectivity index (χ0) is 24.4. The maximum atomic E-state index is 13.3. The van der Waals surface area contributed by atoms with Gasteiger partial charge in [0.25, 0.3) is 5.91 Å². The lowest BCUT2D eigenvalue weighted by atomic mass is 9.94. The Morgan fingerprint density at radius 2 is 1.91 bits per heavy atom. The summed E-state index contributed by atoms with van der Waals surface area (Å²) in [6.45, 7) is 4.11. The molecule has 1 saturated carbocycles. The molecular formula is C26H36N4O5. The molecule has 1 aliphatic carbocycles. The summed E-state index contributed by atoms with van der Waals surface area (Å²) >= 11 is 0. The van der Waals surface area contributed by atoms with Crippen molar-refractivity contribution >= 4 is 23.4 Å². The molecule has 0 radical (unpaired) electrons. The number of likely N-dealkylation sites (tertiary alicyclic amines) is 1. The molecule has 3 amide bonds. The number of fused-ring (bicyclic) bond motifs is 2. The van der Waals surface area contributed by atoms with E-state index >= 15 is 0 Å². The van der Waals surface area contributed by atoms with Crippen LogP contribution in [0.4, 0.5) is 5.69 Å². The lowest BCUT2D eigenvalue weighted by Gasteiger charge is -2.42. The van der Waals surface area contributed by atoms with Crippen molar-refractivity contribution in [2.75, 3.05) is 45.2 Å². The first-order chi connectivity index (χ1) is 17.0. The summed E-state index contributed by atoms with van der Waals surface area (Å²) in [7, 11) is 1.79. The van der Waals surface area contributed by atoms with Gasteiger partial charge in [-0.2, -0.15) is 0 Å². The van der Waals surface area contributed by atoms with Gasteiger partial charge in [0.15, 0.2) is 0 Å². The minimum absolute atomic E-state index is 0.00406. The van der Waals surface area contributed by atoms with Gasteiger partial charge >= 0.3 is 0 Å². The summed E-state index contributed by atoms with van der Waals surface area (Å²) in [4.78, 5) is 42.0. The smallest absolute Gasteiger partial charge is 0.257 e. The normalized spacial score (nSPS) is 26.7. The van der Waals surface area contributed by atoms with E-state index in [1.165, 1.54) is 12.8 Å². The SMILES string of the molecule is CN1C(=O)c2cc(NC(=O)C3CC3)ccc2OC[C@H]2O[C@H](CC(=O)NCCN3CCCC3)CC[C@H]21. The molecule has 3 atom stereocenters. The van der Waals surface area contributed by atoms with Gasteiger partial charge in [-0.1, -0.05) is 0 Å². The number of anilines is 1. The number of rotatable bonds is 7. The lowest BCUT2D eigenvalue weighted by Crippen LogP contribution is -2.54. The Balaban J connectivity index is 1.17. The number of amides is 3. The molecule has 190 valence electrons. The van der Waals surface area contributed by atoms with Gasteiger partial charge < -0.3 is 29.9 Å². The summed E-state index contributed by atoms with van der Waals surface area (Å²) in [5, 5.41) is 5.93. The van der Waals surface area contributed by atoms with E-state index in [-0.39, 0.29) is 41.9 Å². The molecule has 2 saturated heterocycles. The molecule has 3 fully saturated rings. The quantitative estimate of drug-likeness (QED) is 0.614. The van der Waals surface area contributed by atoms with E-state index in [2.05, 4.69) is 15.5 Å². The Morgan fingerprint density at radius 3 is 2.69 bits per heavy atom. The number of carbonyl (C=O) groups is 3. The largest absolute Gasteiger partial charge is 0.490 e. The summed E-state index contributed by atoms with van der Waals surface area (Å²) in [6.07, 6.45) is 5.62. The summed E-state index contributed by atoms with van der Waals surface area (Å²) in [6, 6.07) is 5.07. The van der Waals surface area contributed by atoms with E-state index in [1.54, 1.807) is 30.1 Å². The third kappa shape index (κ3) is 5.78. The number of nitrogens with one attached hydrogen (secondary N) is 2. The highest BCUT2D eigenvalue weighted by Crippen LogP contribution is 2.34. The molecule has 0 bridgehead atoms. The minimum atomic E-state index is -0.303. The number of carbonyl (C=O) groups excluding carboxylic acids is 3. The van der Waals surface area contributed by atoms with Crippen LogP contribution < -0.4 is 15.4 Å². The summed E-state index contributed by atoms with van der Waals surface area (Å²) in [5.74, 6) is 0.431. The topological polar surface area (TPSA) is 100 Å². The molecule has 5 rings (SSSR count). The molecule has 4 aliphatic rings. The average molecular weight is 485 g/mol. The third-order valence-electron chi connectivity index (χ3n) is 7.59. The van der Waals surface area contributed by atoms with Gasteiger partial charge in [0, 0.05) is 31.7 Å². The van der Waals surface area contributed by atoms with E-state index in [1.807, 2.05) is 0 Å². The van der Waals surface area contributed by atoms with Crippen LogP contribution in [0.15, 0.2) is 18.2 Å². The Hall–Kier alpha value is -2.65. The fraction of sp³-hybridized carbons (Fsp3) is 0.654. The highest BCUT2D eigenvalue weighted by Gasteiger charge is 2.39. The van der Waals surface area contributed by atoms with Crippen LogP contribution in [0.1, 0.15) is 55.3 Å². The second-order valence-corrected chi connectivity index (χ2v) is 10.2. The first-order valence-corrected chi connectivity index (χ1v) is 13.0. The molecule has 35 heavy (non-hydrogen) atoms. The van der Waals surface area contributed by atoms with Crippen LogP contribution in [0.25, 0.3) is 0 Å². The van der Waals surface area contributed by atoms with Crippen LogP contribution in [-0.2, 0) is 14.3 Å². The monoisotopic (exact) mass is 484 g/mol. The number of nitrogens with zero attached hydrogens (tertiary/aromatic N) is 2. The molecule has 9 heteroatoms. The van der Waals surface area contributed by atoms with Gasteiger partial charge in [-0.25, -0.2) is 0 Å². The van der Waals surface area contributed by atoms with Gasteiger partial charge in [-0.05, 0) is 69.8 Å². The van der Waals surface area contributed by atoms with Crippen molar-refractivity contribution in [3.05, 3.63) is 23.8 Å². The zero-order valence-electron chi connectivity index (χ0n) is 20.5. The number of hydrogen-bond donors (Lipinski definition) is 2. The van der Waals surface area contributed by atoms with Crippen molar-refractivity contribution in [2.45, 2.75) is 63.2 Å². The fourth-order valence-corrected chi connectivity index (χ4v) is 5.33. The van der Waals surface area contributed by atoms with E-state index < -0.39 is 0 Å². The zero-order valence-corrected chi connectivity index (χ0v) is 20.5. The van der Waals surface area contributed by atoms with Crippen LogP contribution in [0, 0.1) is 5.92 Å². The number of hydrogen-bond acceptors (Lipinski definition) is 6. The van der Waals surface area contributed by atoms with Crippen molar-refractivity contribution < 1.29 is 23.9 Å². The lowest BCUT2D eigenvalue weighted by molar-refractivity contribution is -0.134. The van der Waals surface area contributed by atoms with Crippen LogP contribution in [0.2, 0.25) is 0 Å². The molecule has 0 spiro atoms. The first-order valence-electron chi connectivity index (χ1n) is 13.0. The molecule has 0 unspecified atom stereocenters. The maximum absolute atomic E-state index is 13.3. The van der Waals surface area contributed by atoms with Gasteiger partial charge in [0.2, 0.25) is 11.8 Å². The summed E-state index contributed by atoms with van der Waals surface area (Å²) in [5.41, 5.74) is 1.05. The van der Waals surface area contributed by atoms with E-state index in [4.69, 9.17) is 9.47 Å². The Kier molecular flexibility index (Phi) is 7.24. The van der Waals surface area contributed by atoms with Crippen LogP contribution >= 0.6 is 0 Å². The van der Waals surface area contributed by atoms with Crippen molar-refractivity contribution in [1.29, 1.82) is 0 Å². The van der Waals surface area contributed by atoms with Crippen LogP contribution in [0.3, 0.4) is 0 Å². The third-order valence-corrected chi connectivity index (χ3v) is 7.59. The first kappa shape index (κ1) is 24.1. The molecule has 0 aromatic heterocycles. The Bertz CT molecular complexity index is 959. The van der Waals surface area contributed by atoms with Gasteiger partial charge in [0.1, 0.15) is 18.5 Å². The van der Waals surface area contributed by atoms with Crippen molar-refractivity contribution in [3.63, 3.8) is 0 Å². The van der Waals surface area contributed by atoms with Crippen molar-refractivity contribution in [2.24, 2.45) is 5.92 Å². The molecule has 2 N–H and O–H groups in total. The second-order valence-electron chi connectivity index (χ2n) is 10.2. The highest BCUT2D eigenvalue weighted by atomic mass is 16.5. The average Bonchev–Trinajstić information content (AvgIpc) is 3.58. The standard InChI is InChI=1S/C26H36N4O5/c1-29-21-8-7-19(15-24(31)27-10-13-30-11-2-3-12-30)35-23(21)16-34-22-9-6-18(14-20(22)26(29)33)28-25(32)17-4-5-17/h6,9,14,17,19,21,23H,2-5,7-8,10-13,15-16H2,1H3,(H,27,31)(H,28,32)/t19-,21+,23+/m0/s1. The van der Waals surface area contributed by atoms with Gasteiger partial charge in [0.05, 0.1) is 24.1 Å². The number of benzene rings is 1. The Morgan fingerprint density at radius 1 is 1.11 bits per heavy atom. The summed E-state index contributed by atoms with van der Waals surface area (Å²) < 4.78 is 12.3.